The number of aliphatic hydroxyl groups excluding tert-OH is 1. The Hall–Kier alpha value is -4.05. The summed E-state index contributed by atoms with van der Waals surface area (Å²) in [4.78, 5) is 64.3. The highest BCUT2D eigenvalue weighted by Crippen LogP contribution is 2.64. The lowest BCUT2D eigenvalue weighted by molar-refractivity contribution is -0.180. The number of hydrogen-bond acceptors (Lipinski definition) is 13. The van der Waals surface area contributed by atoms with E-state index in [1.807, 2.05) is 13.1 Å². The zero-order valence-electron chi connectivity index (χ0n) is 27.2. The van der Waals surface area contributed by atoms with E-state index in [4.69, 9.17) is 24.7 Å². The normalized spacial score (nSPS) is 26.9. The van der Waals surface area contributed by atoms with E-state index < -0.39 is 71.6 Å². The monoisotopic (exact) mass is 673 g/mol. The standard InChI is InChI=1S/C33H43N3O12/c1-17(45-31(43)21(35-18(2)38)6-4-5-12-34)30(42)47-23(29(40)41)15-25(39)46-22-9-10-33(44)24-14-19-7-8-20(16-37)27-26(19)32(33,28(22)48-27)11-13-36(24)3/h7-9,17,21,23-24,28,37,44H,4-6,10-16,34H2,1-3H3,(H,35,38)(H,40,41)/t17-,21-,23-,24+,28-,32-,33+/m0/s1. The average molecular weight is 674 g/mol. The van der Waals surface area contributed by atoms with Crippen LogP contribution in [0.25, 0.3) is 0 Å². The molecule has 4 aliphatic rings. The van der Waals surface area contributed by atoms with Crippen molar-refractivity contribution in [2.45, 2.75) is 107 Å². The molecular weight excluding hydrogens is 630 g/mol. The molecule has 1 amide bonds. The molecule has 15 heteroatoms. The fraction of sp³-hybridized carbons (Fsp3) is 0.606. The summed E-state index contributed by atoms with van der Waals surface area (Å²) in [5, 5.41) is 34.6. The van der Waals surface area contributed by atoms with Crippen molar-refractivity contribution in [1.82, 2.24) is 10.2 Å². The number of hydrogen-bond donors (Lipinski definition) is 5. The van der Waals surface area contributed by atoms with Gasteiger partial charge in [-0.25, -0.2) is 14.4 Å². The summed E-state index contributed by atoms with van der Waals surface area (Å²) in [6.07, 6.45) is -1.24. The molecule has 262 valence electrons. The quantitative estimate of drug-likeness (QED) is 0.0993. The van der Waals surface area contributed by atoms with Crippen LogP contribution in [-0.2, 0) is 56.6 Å². The molecule has 1 spiro atoms. The van der Waals surface area contributed by atoms with Crippen molar-refractivity contribution in [3.05, 3.63) is 40.7 Å². The first-order valence-electron chi connectivity index (χ1n) is 16.1. The molecule has 15 nitrogen and oxygen atoms in total. The molecule has 2 heterocycles. The number of aliphatic hydroxyl groups is 2. The number of likely N-dealkylation sites (tertiary alicyclic amines) is 1. The van der Waals surface area contributed by atoms with Crippen molar-refractivity contribution in [3.63, 3.8) is 0 Å². The maximum Gasteiger partial charge on any atom is 0.348 e. The lowest BCUT2D eigenvalue weighted by Gasteiger charge is -2.61. The third-order valence-corrected chi connectivity index (χ3v) is 9.98. The van der Waals surface area contributed by atoms with E-state index in [0.29, 0.717) is 50.1 Å². The van der Waals surface area contributed by atoms with Gasteiger partial charge in [0.1, 0.15) is 17.6 Å². The number of benzene rings is 1. The molecule has 1 aromatic carbocycles. The predicted octanol–water partition coefficient (Wildman–Crippen LogP) is -0.0483. The number of amides is 1. The number of piperidine rings is 1. The smallest absolute Gasteiger partial charge is 0.348 e. The summed E-state index contributed by atoms with van der Waals surface area (Å²) in [5.74, 6) is -4.72. The second-order valence-electron chi connectivity index (χ2n) is 13.0. The van der Waals surface area contributed by atoms with Gasteiger partial charge in [-0.05, 0) is 70.8 Å². The molecule has 0 unspecified atom stereocenters. The van der Waals surface area contributed by atoms with Gasteiger partial charge in [-0.15, -0.1) is 0 Å². The first-order valence-corrected chi connectivity index (χ1v) is 16.1. The van der Waals surface area contributed by atoms with Crippen molar-refractivity contribution in [3.8, 4) is 5.75 Å². The second-order valence-corrected chi connectivity index (χ2v) is 13.0. The molecule has 6 N–H and O–H groups in total. The zero-order valence-corrected chi connectivity index (χ0v) is 27.2. The van der Waals surface area contributed by atoms with Gasteiger partial charge in [0, 0.05) is 30.5 Å². The largest absolute Gasteiger partial charge is 0.481 e. The number of rotatable bonds is 14. The minimum atomic E-state index is -1.97. The molecule has 1 fully saturated rings. The zero-order chi connectivity index (χ0) is 35.0. The summed E-state index contributed by atoms with van der Waals surface area (Å²) in [6.45, 7) is 3.12. The highest BCUT2D eigenvalue weighted by atomic mass is 16.6. The summed E-state index contributed by atoms with van der Waals surface area (Å²) in [6, 6.07) is 2.42. The number of unbranched alkanes of at least 4 members (excludes halogenated alkanes) is 1. The SMILES string of the molecule is CC(=O)N[C@@H](CCCCN)C(=O)O[C@@H](C)C(=O)O[C@@H](CC(=O)OC1=CC[C@@]2(O)[C@H]3Cc4ccc(CO)c5c4[C@@]2(CCN3C)[C@H]1O5)C(=O)O. The number of nitrogens with zero attached hydrogens (tertiary/aromatic N) is 1. The van der Waals surface area contributed by atoms with E-state index in [0.717, 1.165) is 11.1 Å². The molecule has 0 aromatic heterocycles. The first kappa shape index (κ1) is 35.3. The van der Waals surface area contributed by atoms with Crippen LogP contribution < -0.4 is 15.8 Å². The Morgan fingerprint density at radius 1 is 1.17 bits per heavy atom. The van der Waals surface area contributed by atoms with Gasteiger partial charge in [0.25, 0.3) is 0 Å². The van der Waals surface area contributed by atoms with Gasteiger partial charge in [-0.2, -0.15) is 0 Å². The lowest BCUT2D eigenvalue weighted by atomic mass is 9.50. The third-order valence-electron chi connectivity index (χ3n) is 9.98. The van der Waals surface area contributed by atoms with Gasteiger partial charge < -0.3 is 50.2 Å². The number of likely N-dealkylation sites (N-methyl/N-ethyl adjacent to an activating group) is 1. The Morgan fingerprint density at radius 2 is 1.92 bits per heavy atom. The van der Waals surface area contributed by atoms with Crippen molar-refractivity contribution in [1.29, 1.82) is 0 Å². The Morgan fingerprint density at radius 3 is 2.58 bits per heavy atom. The van der Waals surface area contributed by atoms with Gasteiger partial charge >= 0.3 is 23.9 Å². The number of ether oxygens (including phenoxy) is 4. The Kier molecular flexibility index (Phi) is 10.2. The number of aliphatic carboxylic acids is 1. The predicted molar refractivity (Wildman–Crippen MR) is 165 cm³/mol. The van der Waals surface area contributed by atoms with Crippen LogP contribution in [0.15, 0.2) is 24.0 Å². The fourth-order valence-corrected chi connectivity index (χ4v) is 7.66. The number of carboxylic acid groups (broad SMARTS) is 1. The molecule has 7 atom stereocenters. The number of carbonyl (C=O) groups excluding carboxylic acids is 4. The maximum atomic E-state index is 13.2. The summed E-state index contributed by atoms with van der Waals surface area (Å²) in [5.41, 5.74) is 5.57. The second kappa shape index (κ2) is 13.8. The molecule has 1 saturated heterocycles. The number of esters is 3. The van der Waals surface area contributed by atoms with Gasteiger partial charge in [0.2, 0.25) is 12.0 Å². The topological polar surface area (TPSA) is 224 Å². The number of carbonyl (C=O) groups is 5. The minimum absolute atomic E-state index is 0.0947. The summed E-state index contributed by atoms with van der Waals surface area (Å²) >= 11 is 0. The molecule has 2 aliphatic heterocycles. The van der Waals surface area contributed by atoms with Crippen molar-refractivity contribution in [2.75, 3.05) is 20.1 Å². The highest BCUT2D eigenvalue weighted by molar-refractivity contribution is 5.87. The molecule has 2 aliphatic carbocycles. The van der Waals surface area contributed by atoms with Crippen molar-refractivity contribution < 1.29 is 58.2 Å². The van der Waals surface area contributed by atoms with Gasteiger partial charge in [-0.3, -0.25) is 9.59 Å². The summed E-state index contributed by atoms with van der Waals surface area (Å²) < 4.78 is 22.3. The number of nitrogens with one attached hydrogen (secondary N) is 1. The number of carboxylic acids is 1. The molecule has 0 radical (unpaired) electrons. The van der Waals surface area contributed by atoms with E-state index in [-0.39, 0.29) is 31.2 Å². The number of nitrogens with two attached hydrogens (primary N) is 1. The molecule has 0 saturated carbocycles. The Bertz CT molecular complexity index is 1510. The molecule has 48 heavy (non-hydrogen) atoms. The third kappa shape index (κ3) is 6.15. The van der Waals surface area contributed by atoms with Gasteiger partial charge in [0.05, 0.1) is 24.0 Å². The Labute approximate surface area is 277 Å². The van der Waals surface area contributed by atoms with E-state index in [1.165, 1.54) is 13.8 Å². The minimum Gasteiger partial charge on any atom is -0.481 e. The lowest BCUT2D eigenvalue weighted by Crippen LogP contribution is -2.74. The summed E-state index contributed by atoms with van der Waals surface area (Å²) in [7, 11) is 1.95. The molecule has 2 bridgehead atoms. The van der Waals surface area contributed by atoms with Crippen molar-refractivity contribution >= 4 is 29.8 Å². The fourth-order valence-electron chi connectivity index (χ4n) is 7.66. The van der Waals surface area contributed by atoms with Crippen LogP contribution in [0.1, 0.15) is 69.1 Å². The maximum absolute atomic E-state index is 13.2. The highest BCUT2D eigenvalue weighted by Gasteiger charge is 2.71. The van der Waals surface area contributed by atoms with Crippen LogP contribution in [0.4, 0.5) is 0 Å². The van der Waals surface area contributed by atoms with Crippen LogP contribution in [0.3, 0.4) is 0 Å². The van der Waals surface area contributed by atoms with Crippen LogP contribution in [-0.4, -0.2) is 106 Å². The molecular formula is C33H43N3O12. The van der Waals surface area contributed by atoms with E-state index in [1.54, 1.807) is 12.1 Å². The molecule has 1 aromatic rings. The first-order chi connectivity index (χ1) is 22.8. The average Bonchev–Trinajstić information content (AvgIpc) is 3.39. The molecule has 5 rings (SSSR count). The van der Waals surface area contributed by atoms with Crippen LogP contribution in [0, 0.1) is 0 Å². The van der Waals surface area contributed by atoms with Gasteiger partial charge in [0.15, 0.2) is 12.2 Å². The van der Waals surface area contributed by atoms with E-state index in [9.17, 15) is 39.3 Å². The van der Waals surface area contributed by atoms with Gasteiger partial charge in [-0.1, -0.05) is 12.1 Å². The van der Waals surface area contributed by atoms with Crippen molar-refractivity contribution in [2.24, 2.45) is 5.73 Å². The van der Waals surface area contributed by atoms with Crippen LogP contribution in [0.2, 0.25) is 0 Å². The van der Waals surface area contributed by atoms with Crippen LogP contribution in [0.5, 0.6) is 5.75 Å². The van der Waals surface area contributed by atoms with E-state index >= 15 is 0 Å². The van der Waals surface area contributed by atoms with Crippen LogP contribution >= 0.6 is 0 Å². The Balaban J connectivity index is 1.28. The van der Waals surface area contributed by atoms with E-state index in [2.05, 4.69) is 10.2 Å².